The van der Waals surface area contributed by atoms with Crippen molar-refractivity contribution in [1.82, 2.24) is 10.2 Å². The molecule has 0 radical (unpaired) electrons. The molecule has 5 nitrogen and oxygen atoms in total. The third kappa shape index (κ3) is 3.75. The fourth-order valence-electron chi connectivity index (χ4n) is 2.67. The average Bonchev–Trinajstić information content (AvgIpc) is 3.28. The van der Waals surface area contributed by atoms with Gasteiger partial charge < -0.3 is 15.0 Å². The van der Waals surface area contributed by atoms with E-state index in [1.54, 1.807) is 0 Å². The summed E-state index contributed by atoms with van der Waals surface area (Å²) in [5.74, 6) is 0.254. The first-order chi connectivity index (χ1) is 10.6. The van der Waals surface area contributed by atoms with Crippen LogP contribution in [-0.4, -0.2) is 42.5 Å². The van der Waals surface area contributed by atoms with Crippen LogP contribution < -0.4 is 10.1 Å². The normalized spacial score (nSPS) is 21.0. The number of hydrogen-bond donors (Lipinski definition) is 1. The highest BCUT2D eigenvalue weighted by atomic mass is 19.1. The van der Waals surface area contributed by atoms with Gasteiger partial charge in [0.15, 0.2) is 6.61 Å². The number of halogens is 1. The molecule has 1 N–H and O–H groups in total. The van der Waals surface area contributed by atoms with Crippen molar-refractivity contribution in [2.45, 2.75) is 25.3 Å². The Balaban J connectivity index is 1.37. The van der Waals surface area contributed by atoms with Gasteiger partial charge in [-0.15, -0.1) is 0 Å². The number of nitrogens with zero attached hydrogens (tertiary/aromatic N) is 1. The molecule has 1 saturated heterocycles. The highest BCUT2D eigenvalue weighted by Crippen LogP contribution is 2.32. The summed E-state index contributed by atoms with van der Waals surface area (Å²) in [7, 11) is 0. The molecule has 118 valence electrons. The van der Waals surface area contributed by atoms with Crippen molar-refractivity contribution in [3.8, 4) is 5.75 Å². The molecule has 1 aromatic carbocycles. The van der Waals surface area contributed by atoms with Gasteiger partial charge in [0, 0.05) is 31.5 Å². The molecule has 2 amide bonds. The highest BCUT2D eigenvalue weighted by Gasteiger charge is 2.39. The molecule has 1 unspecified atom stereocenters. The summed E-state index contributed by atoms with van der Waals surface area (Å²) in [6.45, 7) is 1.11. The Morgan fingerprint density at radius 3 is 2.73 bits per heavy atom. The molecule has 1 saturated carbocycles. The lowest BCUT2D eigenvalue weighted by Crippen LogP contribution is -2.34. The van der Waals surface area contributed by atoms with E-state index in [1.165, 1.54) is 24.3 Å². The first kappa shape index (κ1) is 14.8. The summed E-state index contributed by atoms with van der Waals surface area (Å²) in [4.78, 5) is 25.5. The Bertz CT molecular complexity index is 557. The molecule has 0 spiro atoms. The average molecular weight is 306 g/mol. The standard InChI is InChI=1S/C16H19FN2O3/c17-12-1-5-14(6-2-12)22-10-15(20)18-8-11-7-16(21)19(9-11)13-3-4-13/h1-2,5-6,11,13H,3-4,7-10H2,(H,18,20). The fourth-order valence-corrected chi connectivity index (χ4v) is 2.67. The molecular weight excluding hydrogens is 287 g/mol. The zero-order valence-electron chi connectivity index (χ0n) is 12.3. The zero-order valence-corrected chi connectivity index (χ0v) is 12.3. The Kier molecular flexibility index (Phi) is 4.27. The van der Waals surface area contributed by atoms with Crippen LogP contribution in [0.15, 0.2) is 24.3 Å². The van der Waals surface area contributed by atoms with Gasteiger partial charge in [0.2, 0.25) is 5.91 Å². The van der Waals surface area contributed by atoms with Crippen LogP contribution in [0.5, 0.6) is 5.75 Å². The molecule has 6 heteroatoms. The van der Waals surface area contributed by atoms with E-state index >= 15 is 0 Å². The third-order valence-corrected chi connectivity index (χ3v) is 4.00. The first-order valence-electron chi connectivity index (χ1n) is 7.56. The van der Waals surface area contributed by atoms with Gasteiger partial charge >= 0.3 is 0 Å². The maximum Gasteiger partial charge on any atom is 0.257 e. The monoisotopic (exact) mass is 306 g/mol. The molecule has 1 aromatic rings. The zero-order chi connectivity index (χ0) is 15.5. The smallest absolute Gasteiger partial charge is 0.257 e. The molecule has 0 bridgehead atoms. The molecule has 2 fully saturated rings. The van der Waals surface area contributed by atoms with Gasteiger partial charge in [-0.05, 0) is 37.1 Å². The number of hydrogen-bond acceptors (Lipinski definition) is 3. The van der Waals surface area contributed by atoms with Crippen molar-refractivity contribution in [1.29, 1.82) is 0 Å². The molecule has 0 aromatic heterocycles. The van der Waals surface area contributed by atoms with Crippen LogP contribution in [0, 0.1) is 11.7 Å². The van der Waals surface area contributed by atoms with Crippen molar-refractivity contribution >= 4 is 11.8 Å². The van der Waals surface area contributed by atoms with E-state index in [1.807, 2.05) is 4.90 Å². The molecule has 2 aliphatic rings. The van der Waals surface area contributed by atoms with Gasteiger partial charge in [-0.3, -0.25) is 9.59 Å². The fraction of sp³-hybridized carbons (Fsp3) is 0.500. The topological polar surface area (TPSA) is 58.6 Å². The van der Waals surface area contributed by atoms with Crippen LogP contribution >= 0.6 is 0 Å². The highest BCUT2D eigenvalue weighted by molar-refractivity contribution is 5.80. The Morgan fingerprint density at radius 2 is 2.05 bits per heavy atom. The van der Waals surface area contributed by atoms with Crippen molar-refractivity contribution in [2.24, 2.45) is 5.92 Å². The summed E-state index contributed by atoms with van der Waals surface area (Å²) in [6, 6.07) is 5.96. The molecule has 1 aliphatic heterocycles. The first-order valence-corrected chi connectivity index (χ1v) is 7.56. The summed E-state index contributed by atoms with van der Waals surface area (Å²) in [5, 5.41) is 2.79. The second-order valence-electron chi connectivity index (χ2n) is 5.89. The van der Waals surface area contributed by atoms with Gasteiger partial charge in [0.1, 0.15) is 11.6 Å². The maximum absolute atomic E-state index is 12.7. The number of benzene rings is 1. The SMILES string of the molecule is O=C(COc1ccc(F)cc1)NCC1CC(=O)N(C2CC2)C1. The van der Waals surface area contributed by atoms with Gasteiger partial charge in [0.05, 0.1) is 0 Å². The molecule has 1 aliphatic carbocycles. The maximum atomic E-state index is 12.7. The van der Waals surface area contributed by atoms with Crippen LogP contribution in [0.25, 0.3) is 0 Å². The van der Waals surface area contributed by atoms with E-state index in [-0.39, 0.29) is 30.2 Å². The van der Waals surface area contributed by atoms with Gasteiger partial charge in [-0.1, -0.05) is 0 Å². The molecular formula is C16H19FN2O3. The molecule has 3 rings (SSSR count). The van der Waals surface area contributed by atoms with E-state index in [0.717, 1.165) is 19.4 Å². The van der Waals surface area contributed by atoms with E-state index in [4.69, 9.17) is 4.74 Å². The molecule has 22 heavy (non-hydrogen) atoms. The summed E-state index contributed by atoms with van der Waals surface area (Å²) in [6.07, 6.45) is 2.72. The van der Waals surface area contributed by atoms with E-state index < -0.39 is 0 Å². The lowest BCUT2D eigenvalue weighted by Gasteiger charge is -2.15. The Morgan fingerprint density at radius 1 is 1.32 bits per heavy atom. The number of nitrogens with one attached hydrogen (secondary N) is 1. The number of likely N-dealkylation sites (tertiary alicyclic amines) is 1. The van der Waals surface area contributed by atoms with E-state index in [9.17, 15) is 14.0 Å². The number of carbonyl (C=O) groups excluding carboxylic acids is 2. The molecule has 1 atom stereocenters. The van der Waals surface area contributed by atoms with Crippen molar-refractivity contribution in [3.63, 3.8) is 0 Å². The lowest BCUT2D eigenvalue weighted by atomic mass is 10.1. The quantitative estimate of drug-likeness (QED) is 0.862. The number of rotatable bonds is 6. The van der Waals surface area contributed by atoms with Gasteiger partial charge in [0.25, 0.3) is 5.91 Å². The minimum Gasteiger partial charge on any atom is -0.484 e. The minimum absolute atomic E-state index is 0.112. The van der Waals surface area contributed by atoms with Gasteiger partial charge in [-0.2, -0.15) is 0 Å². The van der Waals surface area contributed by atoms with Crippen LogP contribution in [0.1, 0.15) is 19.3 Å². The van der Waals surface area contributed by atoms with Crippen LogP contribution in [0.3, 0.4) is 0 Å². The number of ether oxygens (including phenoxy) is 1. The summed E-state index contributed by atoms with van der Waals surface area (Å²) >= 11 is 0. The van der Waals surface area contributed by atoms with E-state index in [2.05, 4.69) is 5.32 Å². The Hall–Kier alpha value is -2.11. The second-order valence-corrected chi connectivity index (χ2v) is 5.89. The second kappa shape index (κ2) is 6.34. The molecule has 1 heterocycles. The van der Waals surface area contributed by atoms with Crippen molar-refractivity contribution < 1.29 is 18.7 Å². The predicted octanol–water partition coefficient (Wildman–Crippen LogP) is 1.33. The van der Waals surface area contributed by atoms with Crippen molar-refractivity contribution in [2.75, 3.05) is 19.7 Å². The van der Waals surface area contributed by atoms with E-state index in [0.29, 0.717) is 24.8 Å². The number of amides is 2. The predicted molar refractivity (Wildman–Crippen MR) is 77.7 cm³/mol. The summed E-state index contributed by atoms with van der Waals surface area (Å²) in [5.41, 5.74) is 0. The minimum atomic E-state index is -0.345. The van der Waals surface area contributed by atoms with Gasteiger partial charge in [-0.25, -0.2) is 4.39 Å². The van der Waals surface area contributed by atoms with Crippen LogP contribution in [0.4, 0.5) is 4.39 Å². The third-order valence-electron chi connectivity index (χ3n) is 4.00. The Labute approximate surface area is 128 Å². The lowest BCUT2D eigenvalue weighted by molar-refractivity contribution is -0.128. The van der Waals surface area contributed by atoms with Crippen LogP contribution in [0.2, 0.25) is 0 Å². The largest absolute Gasteiger partial charge is 0.484 e. The van der Waals surface area contributed by atoms with Crippen LogP contribution in [-0.2, 0) is 9.59 Å². The van der Waals surface area contributed by atoms with Crippen molar-refractivity contribution in [3.05, 3.63) is 30.1 Å². The summed E-state index contributed by atoms with van der Waals surface area (Å²) < 4.78 is 18.0. The number of carbonyl (C=O) groups is 2.